The van der Waals surface area contributed by atoms with Crippen molar-refractivity contribution in [3.05, 3.63) is 66.1 Å². The molecule has 5 nitrogen and oxygen atoms in total. The summed E-state index contributed by atoms with van der Waals surface area (Å²) < 4.78 is 8.81. The van der Waals surface area contributed by atoms with Gasteiger partial charge in [-0.1, -0.05) is 26.8 Å². The molecule has 36 heavy (non-hydrogen) atoms. The molecule has 0 bridgehead atoms. The highest BCUT2D eigenvalue weighted by atomic mass is 32.2. The SMILES string of the molecule is CC(C)(C)c1ccc(/C=C/C(=O)Nc2ccc3c(ccn3CCO[S+](C(C)(C)C)C(C)(C)C)c2)cn1. The Morgan fingerprint density at radius 1 is 1.00 bits per heavy atom. The average molecular weight is 509 g/mol. The van der Waals surface area contributed by atoms with Crippen molar-refractivity contribution in [3.8, 4) is 0 Å². The zero-order valence-electron chi connectivity index (χ0n) is 23.3. The summed E-state index contributed by atoms with van der Waals surface area (Å²) in [6.07, 6.45) is 7.21. The van der Waals surface area contributed by atoms with Gasteiger partial charge in [0, 0.05) is 46.2 Å². The molecule has 0 fully saturated rings. The maximum atomic E-state index is 12.5. The first-order valence-corrected chi connectivity index (χ1v) is 13.7. The van der Waals surface area contributed by atoms with E-state index in [0.29, 0.717) is 6.61 Å². The standard InChI is InChI=1S/C30H41N3O2S/c1-28(2,3)26-14-10-22(21-31-26)11-15-27(34)32-24-12-13-25-23(20-24)16-17-33(25)18-19-35-36(29(4,5)6)30(7,8)9/h10-17,20-21H,18-19H2,1-9H3/p+1/b15-11+. The highest BCUT2D eigenvalue weighted by Gasteiger charge is 2.47. The largest absolute Gasteiger partial charge is 0.345 e. The van der Waals surface area contributed by atoms with Crippen LogP contribution < -0.4 is 5.32 Å². The van der Waals surface area contributed by atoms with Gasteiger partial charge in [0.25, 0.3) is 0 Å². The van der Waals surface area contributed by atoms with Crippen LogP contribution in [0.2, 0.25) is 0 Å². The summed E-state index contributed by atoms with van der Waals surface area (Å²) in [5.74, 6) is -0.168. The van der Waals surface area contributed by atoms with Crippen molar-refractivity contribution in [3.63, 3.8) is 0 Å². The van der Waals surface area contributed by atoms with E-state index in [1.54, 1.807) is 18.3 Å². The van der Waals surface area contributed by atoms with E-state index in [1.807, 2.05) is 24.3 Å². The molecule has 0 radical (unpaired) electrons. The van der Waals surface area contributed by atoms with E-state index in [2.05, 4.69) is 95.5 Å². The lowest BCUT2D eigenvalue weighted by Crippen LogP contribution is -2.44. The molecular formula is C30H42N3O2S+. The third-order valence-electron chi connectivity index (χ3n) is 5.67. The third kappa shape index (κ3) is 7.47. The number of benzene rings is 1. The molecule has 0 saturated carbocycles. The maximum Gasteiger partial charge on any atom is 0.248 e. The Hall–Kier alpha value is -2.57. The first-order valence-electron chi connectivity index (χ1n) is 12.6. The Balaban J connectivity index is 1.60. The lowest BCUT2D eigenvalue weighted by molar-refractivity contribution is -0.111. The second-order valence-corrected chi connectivity index (χ2v) is 15.4. The molecule has 2 heterocycles. The van der Waals surface area contributed by atoms with Crippen LogP contribution in [0.1, 0.15) is 73.6 Å². The number of carbonyl (C=O) groups excluding carboxylic acids is 1. The molecule has 3 rings (SSSR count). The van der Waals surface area contributed by atoms with Crippen LogP contribution in [0.4, 0.5) is 5.69 Å². The van der Waals surface area contributed by atoms with Crippen LogP contribution in [0.25, 0.3) is 17.0 Å². The summed E-state index contributed by atoms with van der Waals surface area (Å²) >= 11 is -0.157. The number of pyridine rings is 1. The molecule has 194 valence electrons. The topological polar surface area (TPSA) is 56.2 Å². The smallest absolute Gasteiger partial charge is 0.248 e. The molecule has 1 N–H and O–H groups in total. The minimum absolute atomic E-state index is 0.00581. The normalized spacial score (nSPS) is 13.2. The summed E-state index contributed by atoms with van der Waals surface area (Å²) in [5.41, 5.74) is 3.83. The van der Waals surface area contributed by atoms with Gasteiger partial charge in [-0.25, -0.2) is 0 Å². The minimum atomic E-state index is -0.168. The second-order valence-electron chi connectivity index (χ2n) is 12.1. The Morgan fingerprint density at radius 3 is 2.28 bits per heavy atom. The average Bonchev–Trinajstić information content (AvgIpc) is 3.15. The molecule has 2 aromatic heterocycles. The first kappa shape index (κ1) is 28.0. The van der Waals surface area contributed by atoms with E-state index in [-0.39, 0.29) is 32.0 Å². The monoisotopic (exact) mass is 508 g/mol. The summed E-state index contributed by atoms with van der Waals surface area (Å²) in [4.78, 5) is 17.0. The van der Waals surface area contributed by atoms with Crippen molar-refractivity contribution < 1.29 is 8.98 Å². The fourth-order valence-corrected chi connectivity index (χ4v) is 7.05. The van der Waals surface area contributed by atoms with Gasteiger partial charge in [-0.15, -0.1) is 0 Å². The lowest BCUT2D eigenvalue weighted by Gasteiger charge is -2.28. The number of fused-ring (bicyclic) bond motifs is 1. The third-order valence-corrected chi connectivity index (χ3v) is 8.29. The van der Waals surface area contributed by atoms with Gasteiger partial charge in [-0.05, 0) is 83.5 Å². The van der Waals surface area contributed by atoms with Crippen LogP contribution >= 0.6 is 0 Å². The number of hydrogen-bond donors (Lipinski definition) is 1. The van der Waals surface area contributed by atoms with Gasteiger partial charge < -0.3 is 9.88 Å². The molecule has 0 spiro atoms. The zero-order chi connectivity index (χ0) is 26.7. The number of hydrogen-bond acceptors (Lipinski definition) is 3. The van der Waals surface area contributed by atoms with Gasteiger partial charge in [0.2, 0.25) is 5.91 Å². The Labute approximate surface area is 219 Å². The van der Waals surface area contributed by atoms with Crippen molar-refractivity contribution >= 4 is 39.7 Å². The molecule has 0 aliphatic rings. The van der Waals surface area contributed by atoms with E-state index in [1.165, 1.54) is 0 Å². The maximum absolute atomic E-state index is 12.5. The molecule has 0 aliphatic carbocycles. The number of amides is 1. The van der Waals surface area contributed by atoms with Crippen LogP contribution in [0, 0.1) is 0 Å². The van der Waals surface area contributed by atoms with Crippen molar-refractivity contribution in [2.75, 3.05) is 11.9 Å². The van der Waals surface area contributed by atoms with E-state index < -0.39 is 0 Å². The fraction of sp³-hybridized carbons (Fsp3) is 0.467. The van der Waals surface area contributed by atoms with Crippen molar-refractivity contribution in [1.82, 2.24) is 9.55 Å². The van der Waals surface area contributed by atoms with Gasteiger partial charge in [0.1, 0.15) is 6.61 Å². The minimum Gasteiger partial charge on any atom is -0.345 e. The quantitative estimate of drug-likeness (QED) is 0.273. The Bertz CT molecular complexity index is 1190. The van der Waals surface area contributed by atoms with Crippen LogP contribution in [0.5, 0.6) is 0 Å². The predicted molar refractivity (Wildman–Crippen MR) is 155 cm³/mol. The molecule has 1 amide bonds. The second kappa shape index (κ2) is 10.8. The molecule has 6 heteroatoms. The molecule has 1 aromatic carbocycles. The number of carbonyl (C=O) groups is 1. The molecular weight excluding hydrogens is 466 g/mol. The van der Waals surface area contributed by atoms with Crippen molar-refractivity contribution in [1.29, 1.82) is 0 Å². The van der Waals surface area contributed by atoms with Crippen molar-refractivity contribution in [2.45, 2.75) is 83.8 Å². The number of rotatable bonds is 7. The van der Waals surface area contributed by atoms with Crippen molar-refractivity contribution in [2.24, 2.45) is 0 Å². The number of aromatic nitrogens is 2. The lowest BCUT2D eigenvalue weighted by atomic mass is 9.91. The first-order chi connectivity index (χ1) is 16.6. The van der Waals surface area contributed by atoms with E-state index >= 15 is 0 Å². The van der Waals surface area contributed by atoms with E-state index in [9.17, 15) is 4.79 Å². The van der Waals surface area contributed by atoms with Gasteiger partial charge in [0.15, 0.2) is 20.7 Å². The van der Waals surface area contributed by atoms with Crippen LogP contribution in [0.15, 0.2) is 54.9 Å². The van der Waals surface area contributed by atoms with E-state index in [4.69, 9.17) is 4.18 Å². The Kier molecular flexibility index (Phi) is 8.41. The van der Waals surface area contributed by atoms with Gasteiger partial charge in [0.05, 0.1) is 6.54 Å². The predicted octanol–water partition coefficient (Wildman–Crippen LogP) is 7.13. The summed E-state index contributed by atoms with van der Waals surface area (Å²) in [6.45, 7) is 21.3. The summed E-state index contributed by atoms with van der Waals surface area (Å²) in [7, 11) is 0. The fourth-order valence-electron chi connectivity index (χ4n) is 4.27. The van der Waals surface area contributed by atoms with Gasteiger partial charge in [-0.3, -0.25) is 9.78 Å². The molecule has 0 saturated heterocycles. The summed E-state index contributed by atoms with van der Waals surface area (Å²) in [5, 5.41) is 4.05. The highest BCUT2D eigenvalue weighted by molar-refractivity contribution is 7.95. The number of anilines is 1. The molecule has 3 aromatic rings. The van der Waals surface area contributed by atoms with Crippen LogP contribution in [-0.4, -0.2) is 31.6 Å². The van der Waals surface area contributed by atoms with Gasteiger partial charge >= 0.3 is 0 Å². The van der Waals surface area contributed by atoms with Gasteiger partial charge in [-0.2, -0.15) is 4.18 Å². The Morgan fingerprint density at radius 2 is 1.69 bits per heavy atom. The summed E-state index contributed by atoms with van der Waals surface area (Å²) in [6, 6.07) is 12.1. The van der Waals surface area contributed by atoms with Crippen LogP contribution in [0.3, 0.4) is 0 Å². The molecule has 0 aliphatic heterocycles. The van der Waals surface area contributed by atoms with E-state index in [0.717, 1.165) is 34.4 Å². The molecule has 0 atom stereocenters. The molecule has 0 unspecified atom stereocenters. The zero-order valence-corrected chi connectivity index (χ0v) is 24.1. The number of nitrogens with one attached hydrogen (secondary N) is 1. The number of nitrogens with zero attached hydrogens (tertiary/aromatic N) is 2. The highest BCUT2D eigenvalue weighted by Crippen LogP contribution is 2.32. The van der Waals surface area contributed by atoms with Crippen LogP contribution in [-0.2, 0) is 32.1 Å².